The first kappa shape index (κ1) is 12.4. The number of hydrogen-bond acceptors (Lipinski definition) is 4. The zero-order chi connectivity index (χ0) is 12.1. The van der Waals surface area contributed by atoms with Crippen molar-refractivity contribution >= 4 is 11.6 Å². The van der Waals surface area contributed by atoms with E-state index < -0.39 is 6.10 Å². The zero-order valence-electron chi connectivity index (χ0n) is 9.53. The van der Waals surface area contributed by atoms with Crippen LogP contribution >= 0.6 is 0 Å². The molecule has 0 aliphatic rings. The van der Waals surface area contributed by atoms with Crippen molar-refractivity contribution in [1.29, 1.82) is 0 Å². The number of carbonyl (C=O) groups excluding carboxylic acids is 1. The van der Waals surface area contributed by atoms with E-state index in [-0.39, 0.29) is 12.5 Å². The van der Waals surface area contributed by atoms with Crippen LogP contribution in [0.5, 0.6) is 0 Å². The van der Waals surface area contributed by atoms with E-state index in [9.17, 15) is 9.90 Å². The predicted octanol–water partition coefficient (Wildman–Crippen LogP) is 0.473. The van der Waals surface area contributed by atoms with Gasteiger partial charge in [-0.1, -0.05) is 6.92 Å². The summed E-state index contributed by atoms with van der Waals surface area (Å²) in [7, 11) is 0. The number of amides is 1. The summed E-state index contributed by atoms with van der Waals surface area (Å²) in [6, 6.07) is 1.58. The average Bonchev–Trinajstić information content (AvgIpc) is 2.28. The summed E-state index contributed by atoms with van der Waals surface area (Å²) in [5.74, 6) is -0.259. The van der Waals surface area contributed by atoms with Crippen LogP contribution in [0.15, 0.2) is 12.3 Å². The topological polar surface area (TPSA) is 88.2 Å². The van der Waals surface area contributed by atoms with E-state index >= 15 is 0 Å². The molecule has 88 valence electrons. The molecule has 0 radical (unpaired) electrons. The minimum absolute atomic E-state index is 0.240. The van der Waals surface area contributed by atoms with E-state index in [4.69, 9.17) is 5.73 Å². The fourth-order valence-corrected chi connectivity index (χ4v) is 1.23. The van der Waals surface area contributed by atoms with Gasteiger partial charge in [0.15, 0.2) is 0 Å². The summed E-state index contributed by atoms with van der Waals surface area (Å²) >= 11 is 0. The number of aryl methyl sites for hydroxylation is 1. The van der Waals surface area contributed by atoms with Crippen molar-refractivity contribution in [2.75, 3.05) is 12.3 Å². The fourth-order valence-electron chi connectivity index (χ4n) is 1.23. The lowest BCUT2D eigenvalue weighted by Crippen LogP contribution is -2.32. The molecule has 0 saturated carbocycles. The third kappa shape index (κ3) is 3.20. The molecule has 16 heavy (non-hydrogen) atoms. The van der Waals surface area contributed by atoms with Crippen molar-refractivity contribution in [2.45, 2.75) is 26.4 Å². The highest BCUT2D eigenvalue weighted by Crippen LogP contribution is 2.09. The maximum absolute atomic E-state index is 11.7. The number of pyridine rings is 1. The number of hydrogen-bond donors (Lipinski definition) is 3. The smallest absolute Gasteiger partial charge is 0.253 e. The van der Waals surface area contributed by atoms with Crippen LogP contribution in [0.4, 0.5) is 5.69 Å². The quantitative estimate of drug-likeness (QED) is 0.692. The molecule has 4 N–H and O–H groups in total. The number of nitrogens with one attached hydrogen (secondary N) is 1. The second kappa shape index (κ2) is 5.46. The van der Waals surface area contributed by atoms with Gasteiger partial charge in [-0.15, -0.1) is 0 Å². The highest BCUT2D eigenvalue weighted by molar-refractivity contribution is 5.95. The Morgan fingerprint density at radius 2 is 2.38 bits per heavy atom. The molecule has 1 heterocycles. The standard InChI is InChI=1S/C11H17N3O2/c1-3-9(15)6-14-11(16)10-4-8(12)5-13-7(10)2/h4-5,9,15H,3,6,12H2,1-2H3,(H,14,16). The minimum Gasteiger partial charge on any atom is -0.397 e. The molecule has 5 nitrogen and oxygen atoms in total. The molecule has 0 aliphatic carbocycles. The first-order valence-corrected chi connectivity index (χ1v) is 5.23. The van der Waals surface area contributed by atoms with Gasteiger partial charge in [0.05, 0.1) is 29.2 Å². The fraction of sp³-hybridized carbons (Fsp3) is 0.455. The number of nitrogen functional groups attached to an aromatic ring is 1. The molecule has 1 unspecified atom stereocenters. The van der Waals surface area contributed by atoms with E-state index in [0.717, 1.165) is 0 Å². The van der Waals surface area contributed by atoms with E-state index in [1.165, 1.54) is 6.20 Å². The Kier molecular flexibility index (Phi) is 4.25. The maximum Gasteiger partial charge on any atom is 0.253 e. The Labute approximate surface area is 94.7 Å². The van der Waals surface area contributed by atoms with Gasteiger partial charge in [0, 0.05) is 6.54 Å². The lowest BCUT2D eigenvalue weighted by Gasteiger charge is -2.10. The molecule has 5 heteroatoms. The van der Waals surface area contributed by atoms with Gasteiger partial charge in [-0.05, 0) is 19.4 Å². The van der Waals surface area contributed by atoms with Gasteiger partial charge >= 0.3 is 0 Å². The summed E-state index contributed by atoms with van der Waals surface area (Å²) < 4.78 is 0. The largest absolute Gasteiger partial charge is 0.397 e. The van der Waals surface area contributed by atoms with Crippen LogP contribution in [-0.2, 0) is 0 Å². The second-order valence-electron chi connectivity index (χ2n) is 3.67. The van der Waals surface area contributed by atoms with Gasteiger partial charge in [-0.25, -0.2) is 0 Å². The molecule has 0 spiro atoms. The van der Waals surface area contributed by atoms with Crippen LogP contribution in [0.3, 0.4) is 0 Å². The van der Waals surface area contributed by atoms with E-state index in [1.807, 2.05) is 6.92 Å². The summed E-state index contributed by atoms with van der Waals surface area (Å²) in [6.07, 6.45) is 1.60. The number of anilines is 1. The molecule has 1 amide bonds. The monoisotopic (exact) mass is 223 g/mol. The van der Waals surface area contributed by atoms with Crippen LogP contribution < -0.4 is 11.1 Å². The second-order valence-corrected chi connectivity index (χ2v) is 3.67. The Balaban J connectivity index is 2.69. The van der Waals surface area contributed by atoms with E-state index in [2.05, 4.69) is 10.3 Å². The van der Waals surface area contributed by atoms with Gasteiger partial charge in [0.1, 0.15) is 0 Å². The SMILES string of the molecule is CCC(O)CNC(=O)c1cc(N)cnc1C. The molecular formula is C11H17N3O2. The third-order valence-corrected chi connectivity index (χ3v) is 2.32. The molecule has 1 rings (SSSR count). The molecule has 0 fully saturated rings. The number of aliphatic hydroxyl groups excluding tert-OH is 1. The predicted molar refractivity (Wildman–Crippen MR) is 62.0 cm³/mol. The normalized spacial score (nSPS) is 12.2. The van der Waals surface area contributed by atoms with Crippen molar-refractivity contribution in [3.05, 3.63) is 23.5 Å². The lowest BCUT2D eigenvalue weighted by molar-refractivity contribution is 0.0913. The van der Waals surface area contributed by atoms with Crippen molar-refractivity contribution in [3.8, 4) is 0 Å². The first-order chi connectivity index (χ1) is 7.54. The van der Waals surface area contributed by atoms with Gasteiger partial charge in [0.25, 0.3) is 5.91 Å². The van der Waals surface area contributed by atoms with Gasteiger partial charge in [0.2, 0.25) is 0 Å². The maximum atomic E-state index is 11.7. The highest BCUT2D eigenvalue weighted by Gasteiger charge is 2.11. The number of nitrogens with two attached hydrogens (primary N) is 1. The number of aliphatic hydroxyl groups is 1. The molecular weight excluding hydrogens is 206 g/mol. The number of rotatable bonds is 4. The Morgan fingerprint density at radius 1 is 1.69 bits per heavy atom. The minimum atomic E-state index is -0.515. The van der Waals surface area contributed by atoms with E-state index in [1.54, 1.807) is 13.0 Å². The lowest BCUT2D eigenvalue weighted by atomic mass is 10.1. The van der Waals surface area contributed by atoms with Crippen molar-refractivity contribution in [1.82, 2.24) is 10.3 Å². The van der Waals surface area contributed by atoms with Gasteiger partial charge < -0.3 is 16.2 Å². The molecule has 1 atom stereocenters. The summed E-state index contributed by atoms with van der Waals surface area (Å²) in [5, 5.41) is 12.0. The number of nitrogens with zero attached hydrogens (tertiary/aromatic N) is 1. The molecule has 0 aliphatic heterocycles. The van der Waals surface area contributed by atoms with Crippen LogP contribution in [-0.4, -0.2) is 28.6 Å². The first-order valence-electron chi connectivity index (χ1n) is 5.23. The Hall–Kier alpha value is -1.62. The van der Waals surface area contributed by atoms with Crippen molar-refractivity contribution in [2.24, 2.45) is 0 Å². The molecule has 0 saturated heterocycles. The third-order valence-electron chi connectivity index (χ3n) is 2.32. The van der Waals surface area contributed by atoms with Crippen LogP contribution in [0.25, 0.3) is 0 Å². The van der Waals surface area contributed by atoms with Crippen molar-refractivity contribution in [3.63, 3.8) is 0 Å². The van der Waals surface area contributed by atoms with Crippen molar-refractivity contribution < 1.29 is 9.90 Å². The molecule has 0 aromatic carbocycles. The Bertz CT molecular complexity index is 379. The number of carbonyl (C=O) groups is 1. The summed E-state index contributed by atoms with van der Waals surface area (Å²) in [5.41, 5.74) is 7.08. The highest BCUT2D eigenvalue weighted by atomic mass is 16.3. The van der Waals surface area contributed by atoms with Gasteiger partial charge in [-0.3, -0.25) is 9.78 Å². The number of aromatic nitrogens is 1. The van der Waals surface area contributed by atoms with Crippen LogP contribution in [0, 0.1) is 6.92 Å². The molecule has 0 bridgehead atoms. The summed E-state index contributed by atoms with van der Waals surface area (Å²) in [6.45, 7) is 3.83. The van der Waals surface area contributed by atoms with Crippen LogP contribution in [0.1, 0.15) is 29.4 Å². The van der Waals surface area contributed by atoms with E-state index in [0.29, 0.717) is 23.4 Å². The van der Waals surface area contributed by atoms with Crippen LogP contribution in [0.2, 0.25) is 0 Å². The molecule has 1 aromatic rings. The summed E-state index contributed by atoms with van der Waals surface area (Å²) in [4.78, 5) is 15.7. The average molecular weight is 223 g/mol. The molecule has 1 aromatic heterocycles. The zero-order valence-corrected chi connectivity index (χ0v) is 9.53. The Morgan fingerprint density at radius 3 is 3.00 bits per heavy atom. The van der Waals surface area contributed by atoms with Gasteiger partial charge in [-0.2, -0.15) is 0 Å².